The molecule has 0 saturated heterocycles. The Bertz CT molecular complexity index is 898. The lowest BCUT2D eigenvalue weighted by atomic mass is 10.1. The fourth-order valence-corrected chi connectivity index (χ4v) is 6.17. The molecule has 0 amide bonds. The number of phosphoric acid groups is 2. The largest absolute Gasteiger partial charge is 0.537 e. The second kappa shape index (κ2) is 17.1. The fraction of sp³-hybridized carbons (Fsp3) is 0.571. The topological polar surface area (TPSA) is 102 Å². The second-order valence-corrected chi connectivity index (χ2v) is 12.4. The van der Waals surface area contributed by atoms with Crippen LogP contribution in [0.5, 0.6) is 11.5 Å². The van der Waals surface area contributed by atoms with Gasteiger partial charge in [-0.1, -0.05) is 102 Å². The highest BCUT2D eigenvalue weighted by Gasteiger charge is 2.37. The molecule has 0 heterocycles. The Labute approximate surface area is 222 Å². The molecular formula is C28H44O7P2. The molecule has 0 saturated carbocycles. The second-order valence-electron chi connectivity index (χ2n) is 9.52. The lowest BCUT2D eigenvalue weighted by Crippen LogP contribution is -2.01. The molecular weight excluding hydrogens is 510 g/mol. The summed E-state index contributed by atoms with van der Waals surface area (Å²) >= 11 is 0. The van der Waals surface area contributed by atoms with Crippen molar-refractivity contribution >= 4 is 15.6 Å². The van der Waals surface area contributed by atoms with Gasteiger partial charge in [0.1, 0.15) is 11.5 Å². The Morgan fingerprint density at radius 3 is 1.22 bits per heavy atom. The molecule has 7 nitrogen and oxygen atoms in total. The molecule has 0 fully saturated rings. The van der Waals surface area contributed by atoms with E-state index in [-0.39, 0.29) is 11.5 Å². The van der Waals surface area contributed by atoms with E-state index in [4.69, 9.17) is 9.05 Å². The number of aryl methyl sites for hydroxylation is 2. The van der Waals surface area contributed by atoms with Crippen LogP contribution in [0, 0.1) is 0 Å². The normalized spacial score (nSPS) is 14.6. The van der Waals surface area contributed by atoms with Gasteiger partial charge in [-0.2, -0.15) is 4.31 Å². The molecule has 2 unspecified atom stereocenters. The molecule has 37 heavy (non-hydrogen) atoms. The van der Waals surface area contributed by atoms with Crippen molar-refractivity contribution in [2.75, 3.05) is 0 Å². The molecule has 2 aromatic rings. The van der Waals surface area contributed by atoms with Crippen LogP contribution in [0.3, 0.4) is 0 Å². The summed E-state index contributed by atoms with van der Waals surface area (Å²) in [5, 5.41) is 0. The van der Waals surface area contributed by atoms with Crippen molar-refractivity contribution in [3.05, 3.63) is 59.7 Å². The Morgan fingerprint density at radius 1 is 0.541 bits per heavy atom. The van der Waals surface area contributed by atoms with Gasteiger partial charge in [0.15, 0.2) is 0 Å². The van der Waals surface area contributed by atoms with Crippen molar-refractivity contribution in [3.63, 3.8) is 0 Å². The minimum Gasteiger partial charge on any atom is -0.404 e. The average molecular weight is 555 g/mol. The van der Waals surface area contributed by atoms with Crippen LogP contribution < -0.4 is 9.05 Å². The summed E-state index contributed by atoms with van der Waals surface area (Å²) in [5.41, 5.74) is 2.18. The zero-order valence-electron chi connectivity index (χ0n) is 22.3. The number of hydrogen-bond donors (Lipinski definition) is 2. The van der Waals surface area contributed by atoms with E-state index in [1.54, 1.807) is 24.3 Å². The monoisotopic (exact) mass is 554 g/mol. The van der Waals surface area contributed by atoms with Crippen LogP contribution in [0.25, 0.3) is 0 Å². The van der Waals surface area contributed by atoms with Crippen LogP contribution in [0.2, 0.25) is 0 Å². The first-order valence-corrected chi connectivity index (χ1v) is 16.7. The molecule has 0 radical (unpaired) electrons. The Hall–Kier alpha value is -1.62. The summed E-state index contributed by atoms with van der Waals surface area (Å²) in [6, 6.07) is 13.4. The summed E-state index contributed by atoms with van der Waals surface area (Å²) < 4.78 is 39.1. The van der Waals surface area contributed by atoms with Crippen LogP contribution in [-0.2, 0) is 26.3 Å². The van der Waals surface area contributed by atoms with Gasteiger partial charge in [0, 0.05) is 0 Å². The Morgan fingerprint density at radius 2 is 0.865 bits per heavy atom. The predicted molar refractivity (Wildman–Crippen MR) is 149 cm³/mol. The lowest BCUT2D eigenvalue weighted by molar-refractivity contribution is 0.234. The van der Waals surface area contributed by atoms with E-state index in [9.17, 15) is 18.9 Å². The Kier molecular flexibility index (Phi) is 14.6. The number of hydrogen-bond acceptors (Lipinski definition) is 5. The van der Waals surface area contributed by atoms with Crippen molar-refractivity contribution in [2.24, 2.45) is 0 Å². The molecule has 0 aliphatic heterocycles. The van der Waals surface area contributed by atoms with Gasteiger partial charge in [-0.3, -0.25) is 9.79 Å². The molecule has 0 spiro atoms. The van der Waals surface area contributed by atoms with Gasteiger partial charge in [0.05, 0.1) is 0 Å². The number of rotatable bonds is 20. The fourth-order valence-electron chi connectivity index (χ4n) is 4.08. The zero-order chi connectivity index (χ0) is 27.0. The predicted octanol–water partition coefficient (Wildman–Crippen LogP) is 9.17. The lowest BCUT2D eigenvalue weighted by Gasteiger charge is -2.17. The maximum Gasteiger partial charge on any atom is 0.537 e. The van der Waals surface area contributed by atoms with Crippen molar-refractivity contribution < 1.29 is 32.3 Å². The van der Waals surface area contributed by atoms with Gasteiger partial charge >= 0.3 is 15.6 Å². The van der Waals surface area contributed by atoms with E-state index in [2.05, 4.69) is 18.2 Å². The molecule has 0 aromatic heterocycles. The third-order valence-corrected chi connectivity index (χ3v) is 8.67. The average Bonchev–Trinajstić information content (AvgIpc) is 2.84. The van der Waals surface area contributed by atoms with Crippen LogP contribution in [-0.4, -0.2) is 9.79 Å². The van der Waals surface area contributed by atoms with E-state index >= 15 is 0 Å². The molecule has 0 aliphatic carbocycles. The molecule has 208 valence electrons. The highest BCUT2D eigenvalue weighted by Crippen LogP contribution is 2.59. The van der Waals surface area contributed by atoms with Crippen molar-refractivity contribution in [3.8, 4) is 11.5 Å². The van der Waals surface area contributed by atoms with E-state index < -0.39 is 15.6 Å². The quantitative estimate of drug-likeness (QED) is 0.124. The standard InChI is InChI=1S/C28H44O7P2/c1-3-5-7-9-11-13-15-25-17-21-27(22-18-25)33-36(29,30)35-37(31,32)34-28-23-19-26(20-24-28)16-14-12-10-8-6-4-2/h17-24H,3-16H2,1-2H3,(H,29,30)(H,31,32). The number of unbranched alkanes of at least 4 members (excludes halogenated alkanes) is 10. The van der Waals surface area contributed by atoms with Gasteiger partial charge in [-0.15, -0.1) is 0 Å². The van der Waals surface area contributed by atoms with Crippen molar-refractivity contribution in [1.82, 2.24) is 0 Å². The van der Waals surface area contributed by atoms with Crippen molar-refractivity contribution in [2.45, 2.75) is 104 Å². The van der Waals surface area contributed by atoms with Gasteiger partial charge in [-0.25, -0.2) is 9.13 Å². The van der Waals surface area contributed by atoms with Crippen LogP contribution in [0.1, 0.15) is 102 Å². The van der Waals surface area contributed by atoms with Crippen LogP contribution >= 0.6 is 15.6 Å². The minimum atomic E-state index is -4.90. The zero-order valence-corrected chi connectivity index (χ0v) is 24.1. The first-order chi connectivity index (χ1) is 17.7. The molecule has 2 rings (SSSR count). The molecule has 2 aromatic carbocycles. The summed E-state index contributed by atoms with van der Waals surface area (Å²) in [5.74, 6) is 0.133. The SMILES string of the molecule is CCCCCCCCc1ccc(OP(=O)(O)OP(=O)(O)Oc2ccc(CCCCCCCC)cc2)cc1. The first kappa shape index (κ1) is 31.6. The van der Waals surface area contributed by atoms with Crippen molar-refractivity contribution in [1.29, 1.82) is 0 Å². The summed E-state index contributed by atoms with van der Waals surface area (Å²) in [4.78, 5) is 20.0. The molecule has 0 aliphatic rings. The van der Waals surface area contributed by atoms with Crippen LogP contribution in [0.4, 0.5) is 0 Å². The van der Waals surface area contributed by atoms with E-state index in [0.29, 0.717) is 0 Å². The van der Waals surface area contributed by atoms with Gasteiger partial charge in [0.25, 0.3) is 0 Å². The van der Waals surface area contributed by atoms with E-state index in [1.807, 2.05) is 24.3 Å². The van der Waals surface area contributed by atoms with Gasteiger partial charge < -0.3 is 9.05 Å². The molecule has 2 N–H and O–H groups in total. The summed E-state index contributed by atoms with van der Waals surface area (Å²) in [7, 11) is -9.80. The smallest absolute Gasteiger partial charge is 0.404 e. The number of benzene rings is 2. The summed E-state index contributed by atoms with van der Waals surface area (Å²) in [6.07, 6.45) is 16.3. The van der Waals surface area contributed by atoms with Gasteiger partial charge in [0.2, 0.25) is 0 Å². The third kappa shape index (κ3) is 14.2. The maximum absolute atomic E-state index is 12.3. The Balaban J connectivity index is 1.77. The highest BCUT2D eigenvalue weighted by atomic mass is 31.3. The number of phosphoric ester groups is 2. The third-order valence-electron chi connectivity index (χ3n) is 6.13. The molecule has 9 heteroatoms. The van der Waals surface area contributed by atoms with E-state index in [1.165, 1.54) is 64.2 Å². The van der Waals surface area contributed by atoms with E-state index in [0.717, 1.165) is 36.8 Å². The van der Waals surface area contributed by atoms with Crippen LogP contribution in [0.15, 0.2) is 48.5 Å². The minimum absolute atomic E-state index is 0.0663. The molecule has 2 atom stereocenters. The van der Waals surface area contributed by atoms with Gasteiger partial charge in [-0.05, 0) is 61.1 Å². The maximum atomic E-state index is 12.3. The molecule has 0 bridgehead atoms. The summed E-state index contributed by atoms with van der Waals surface area (Å²) in [6.45, 7) is 4.39. The highest BCUT2D eigenvalue weighted by molar-refractivity contribution is 7.61. The first-order valence-electron chi connectivity index (χ1n) is 13.7.